The van der Waals surface area contributed by atoms with E-state index in [0.29, 0.717) is 0 Å². The van der Waals surface area contributed by atoms with Crippen LogP contribution in [0.25, 0.3) is 16.6 Å². The van der Waals surface area contributed by atoms with E-state index in [4.69, 9.17) is 5.26 Å². The van der Waals surface area contributed by atoms with Gasteiger partial charge in [0.25, 0.3) is 0 Å². The molecule has 30 heavy (non-hydrogen) atoms. The standard InChI is InChI=1S/C21H22N8O/c1-26-8-15(7-24-26)14-5-19-20(23-12-25-28(19)9-14)27-10-16-2-3-17(11-27)29(16)21(30)18-4-13(18)6-22/h5,7-9,12-13,16-18H,2-4,10-11H2,1H3. The maximum Gasteiger partial charge on any atom is 0.227 e. The number of amides is 1. The molecule has 1 amide bonds. The molecule has 9 nitrogen and oxygen atoms in total. The average molecular weight is 402 g/mol. The van der Waals surface area contributed by atoms with Crippen molar-refractivity contribution in [1.29, 1.82) is 5.26 Å². The Kier molecular flexibility index (Phi) is 3.66. The number of carbonyl (C=O) groups is 1. The van der Waals surface area contributed by atoms with Crippen LogP contribution in [0.5, 0.6) is 0 Å². The molecule has 2 aliphatic heterocycles. The van der Waals surface area contributed by atoms with Gasteiger partial charge in [-0.05, 0) is 25.3 Å². The maximum atomic E-state index is 12.9. The van der Waals surface area contributed by atoms with E-state index < -0.39 is 0 Å². The lowest BCUT2D eigenvalue weighted by Crippen LogP contribution is -2.56. The van der Waals surface area contributed by atoms with Crippen LogP contribution in [0.2, 0.25) is 0 Å². The van der Waals surface area contributed by atoms with Crippen LogP contribution < -0.4 is 4.90 Å². The third-order valence-electron chi connectivity index (χ3n) is 6.73. The highest BCUT2D eigenvalue weighted by Gasteiger charge is 2.51. The number of fused-ring (bicyclic) bond motifs is 3. The number of hydrogen-bond acceptors (Lipinski definition) is 6. The van der Waals surface area contributed by atoms with Crippen molar-refractivity contribution < 1.29 is 4.79 Å². The van der Waals surface area contributed by atoms with Crippen LogP contribution in [0, 0.1) is 23.2 Å². The zero-order valence-corrected chi connectivity index (χ0v) is 16.7. The lowest BCUT2D eigenvalue weighted by atomic mass is 10.1. The van der Waals surface area contributed by atoms with E-state index in [0.717, 1.165) is 54.8 Å². The van der Waals surface area contributed by atoms with Crippen LogP contribution in [0.3, 0.4) is 0 Å². The molecule has 0 aromatic carbocycles. The predicted octanol–water partition coefficient (Wildman–Crippen LogP) is 1.47. The van der Waals surface area contributed by atoms with Gasteiger partial charge in [0.15, 0.2) is 5.82 Å². The van der Waals surface area contributed by atoms with Gasteiger partial charge in [-0.25, -0.2) is 9.50 Å². The lowest BCUT2D eigenvalue weighted by Gasteiger charge is -2.41. The summed E-state index contributed by atoms with van der Waals surface area (Å²) < 4.78 is 3.65. The van der Waals surface area contributed by atoms with Gasteiger partial charge in [-0.2, -0.15) is 15.5 Å². The monoisotopic (exact) mass is 402 g/mol. The van der Waals surface area contributed by atoms with Crippen molar-refractivity contribution >= 4 is 17.2 Å². The van der Waals surface area contributed by atoms with E-state index in [2.05, 4.69) is 37.1 Å². The van der Waals surface area contributed by atoms with Gasteiger partial charge in [-0.15, -0.1) is 0 Å². The predicted molar refractivity (Wildman–Crippen MR) is 108 cm³/mol. The molecule has 3 aromatic heterocycles. The second-order valence-corrected chi connectivity index (χ2v) is 8.66. The second-order valence-electron chi connectivity index (χ2n) is 8.66. The summed E-state index contributed by atoms with van der Waals surface area (Å²) in [5.74, 6) is 0.930. The fourth-order valence-corrected chi connectivity index (χ4v) is 5.13. The molecule has 2 bridgehead atoms. The minimum absolute atomic E-state index is 0.0805. The van der Waals surface area contributed by atoms with Gasteiger partial charge in [-0.3, -0.25) is 9.48 Å². The first-order valence-corrected chi connectivity index (χ1v) is 10.4. The number of rotatable bonds is 3. The van der Waals surface area contributed by atoms with Gasteiger partial charge in [0, 0.05) is 55.7 Å². The molecule has 0 spiro atoms. The summed E-state index contributed by atoms with van der Waals surface area (Å²) in [6, 6.07) is 4.74. The Morgan fingerprint density at radius 3 is 2.63 bits per heavy atom. The smallest absolute Gasteiger partial charge is 0.227 e. The Morgan fingerprint density at radius 1 is 1.17 bits per heavy atom. The first-order valence-electron chi connectivity index (χ1n) is 10.4. The molecule has 1 saturated carbocycles. The van der Waals surface area contributed by atoms with Crippen LogP contribution in [-0.2, 0) is 11.8 Å². The Morgan fingerprint density at radius 2 is 1.97 bits per heavy atom. The van der Waals surface area contributed by atoms with Crippen molar-refractivity contribution in [2.24, 2.45) is 18.9 Å². The molecule has 4 unspecified atom stereocenters. The molecule has 152 valence electrons. The topological polar surface area (TPSA) is 95.3 Å². The maximum absolute atomic E-state index is 12.9. The van der Waals surface area contributed by atoms with Crippen molar-refractivity contribution in [1.82, 2.24) is 29.3 Å². The number of piperazine rings is 1. The number of anilines is 1. The Hall–Kier alpha value is -3.41. The molecule has 0 radical (unpaired) electrons. The normalized spacial score (nSPS) is 27.5. The quantitative estimate of drug-likeness (QED) is 0.658. The third-order valence-corrected chi connectivity index (χ3v) is 6.73. The summed E-state index contributed by atoms with van der Waals surface area (Å²) in [6.07, 6.45) is 10.2. The number of carbonyl (C=O) groups excluding carboxylic acids is 1. The minimum Gasteiger partial charge on any atom is -0.351 e. The number of hydrogen-bond donors (Lipinski definition) is 0. The van der Waals surface area contributed by atoms with Gasteiger partial charge in [0.2, 0.25) is 5.91 Å². The van der Waals surface area contributed by atoms with Crippen molar-refractivity contribution in [3.63, 3.8) is 0 Å². The van der Waals surface area contributed by atoms with Crippen LogP contribution in [0.15, 0.2) is 31.0 Å². The lowest BCUT2D eigenvalue weighted by molar-refractivity contribution is -0.136. The van der Waals surface area contributed by atoms with Crippen molar-refractivity contribution in [2.75, 3.05) is 18.0 Å². The molecule has 9 heteroatoms. The summed E-state index contributed by atoms with van der Waals surface area (Å²) in [5.41, 5.74) is 3.06. The average Bonchev–Trinajstić information content (AvgIpc) is 3.05. The molecule has 4 atom stereocenters. The largest absolute Gasteiger partial charge is 0.351 e. The Labute approximate surface area is 173 Å². The van der Waals surface area contributed by atoms with E-state index >= 15 is 0 Å². The highest BCUT2D eigenvalue weighted by Crippen LogP contribution is 2.43. The Bertz CT molecular complexity index is 1180. The molecule has 6 rings (SSSR count). The van der Waals surface area contributed by atoms with Crippen LogP contribution in [-0.4, -0.2) is 60.4 Å². The van der Waals surface area contributed by atoms with E-state index in [-0.39, 0.29) is 29.8 Å². The van der Waals surface area contributed by atoms with Crippen molar-refractivity contribution in [2.45, 2.75) is 31.3 Å². The molecule has 1 aliphatic carbocycles. The SMILES string of the molecule is Cn1cc(-c2cc3c(N4CC5CCC(C4)N5C(=O)C4CC4C#N)ncnn3c2)cn1. The van der Waals surface area contributed by atoms with Crippen LogP contribution in [0.1, 0.15) is 19.3 Å². The number of aryl methyl sites for hydroxylation is 1. The summed E-state index contributed by atoms with van der Waals surface area (Å²) in [6.45, 7) is 1.54. The number of nitrogens with zero attached hydrogens (tertiary/aromatic N) is 8. The third kappa shape index (κ3) is 2.60. The van der Waals surface area contributed by atoms with Crippen molar-refractivity contribution in [3.8, 4) is 17.2 Å². The van der Waals surface area contributed by atoms with Crippen LogP contribution in [0.4, 0.5) is 5.82 Å². The molecular weight excluding hydrogens is 380 g/mol. The fraction of sp³-hybridized carbons (Fsp3) is 0.476. The van der Waals surface area contributed by atoms with Gasteiger partial charge < -0.3 is 9.80 Å². The molecule has 3 aliphatic rings. The van der Waals surface area contributed by atoms with E-state index in [1.165, 1.54) is 0 Å². The summed E-state index contributed by atoms with van der Waals surface area (Å²) in [5, 5.41) is 17.8. The number of nitriles is 1. The minimum atomic E-state index is -0.0805. The van der Waals surface area contributed by atoms with Gasteiger partial charge in [0.1, 0.15) is 11.8 Å². The van der Waals surface area contributed by atoms with E-state index in [1.807, 2.05) is 30.2 Å². The zero-order chi connectivity index (χ0) is 20.4. The summed E-state index contributed by atoms with van der Waals surface area (Å²) in [7, 11) is 1.90. The van der Waals surface area contributed by atoms with Gasteiger partial charge >= 0.3 is 0 Å². The van der Waals surface area contributed by atoms with E-state index in [1.54, 1.807) is 11.0 Å². The Balaban J connectivity index is 1.29. The molecule has 5 heterocycles. The summed E-state index contributed by atoms with van der Waals surface area (Å²) in [4.78, 5) is 21.9. The molecule has 0 N–H and O–H groups in total. The van der Waals surface area contributed by atoms with Crippen molar-refractivity contribution in [3.05, 3.63) is 31.0 Å². The molecular formula is C21H22N8O. The van der Waals surface area contributed by atoms with E-state index in [9.17, 15) is 4.79 Å². The second kappa shape index (κ2) is 6.29. The summed E-state index contributed by atoms with van der Waals surface area (Å²) >= 11 is 0. The number of aromatic nitrogens is 5. The molecule has 2 saturated heterocycles. The van der Waals surface area contributed by atoms with Crippen LogP contribution >= 0.6 is 0 Å². The fourth-order valence-electron chi connectivity index (χ4n) is 5.13. The first-order chi connectivity index (χ1) is 14.6. The highest BCUT2D eigenvalue weighted by atomic mass is 16.2. The van der Waals surface area contributed by atoms with Gasteiger partial charge in [-0.1, -0.05) is 0 Å². The molecule has 3 aromatic rings. The highest BCUT2D eigenvalue weighted by molar-refractivity contribution is 5.84. The zero-order valence-electron chi connectivity index (χ0n) is 16.7. The molecule has 3 fully saturated rings. The van der Waals surface area contributed by atoms with Gasteiger partial charge in [0.05, 0.1) is 24.1 Å². The first kappa shape index (κ1) is 17.4.